The highest BCUT2D eigenvalue weighted by Crippen LogP contribution is 2.36. The molecule has 1 aliphatic rings. The molecule has 1 fully saturated rings. The van der Waals surface area contributed by atoms with Crippen LogP contribution in [0.5, 0.6) is 11.5 Å². The van der Waals surface area contributed by atoms with Gasteiger partial charge in [-0.05, 0) is 62.7 Å². The molecule has 1 unspecified atom stereocenters. The Morgan fingerprint density at radius 3 is 2.44 bits per heavy atom. The number of aryl methyl sites for hydroxylation is 1. The number of aromatic nitrogens is 1. The van der Waals surface area contributed by atoms with Gasteiger partial charge in [-0.3, -0.25) is 14.7 Å². The fourth-order valence-electron chi connectivity index (χ4n) is 3.71. The Kier molecular flexibility index (Phi) is 5.96. The number of pyridine rings is 1. The monoisotopic (exact) mass is 370 g/mol. The molecule has 6 nitrogen and oxygen atoms in total. The number of hydrogen-bond donors (Lipinski definition) is 1. The summed E-state index contributed by atoms with van der Waals surface area (Å²) >= 11 is 0. The number of carbonyl (C=O) groups is 1. The molecule has 0 spiro atoms. The fraction of sp³-hybridized carbons (Fsp3) is 0.429. The zero-order chi connectivity index (χ0) is 19.4. The number of carboxylic acids is 1. The van der Waals surface area contributed by atoms with Crippen molar-refractivity contribution in [3.8, 4) is 11.5 Å². The molecule has 2 heterocycles. The maximum atomic E-state index is 11.3. The number of carboxylic acid groups (broad SMARTS) is 1. The number of methoxy groups -OCH3 is 2. The van der Waals surface area contributed by atoms with Crippen LogP contribution in [0, 0.1) is 12.8 Å². The van der Waals surface area contributed by atoms with E-state index in [0.717, 1.165) is 17.0 Å². The van der Waals surface area contributed by atoms with Crippen molar-refractivity contribution in [3.05, 3.63) is 53.3 Å². The molecule has 144 valence electrons. The van der Waals surface area contributed by atoms with E-state index in [4.69, 9.17) is 14.5 Å². The Morgan fingerprint density at radius 1 is 1.15 bits per heavy atom. The quantitative estimate of drug-likeness (QED) is 0.841. The van der Waals surface area contributed by atoms with Crippen LogP contribution in [-0.4, -0.2) is 48.3 Å². The van der Waals surface area contributed by atoms with Crippen LogP contribution in [0.15, 0.2) is 36.4 Å². The van der Waals surface area contributed by atoms with E-state index in [9.17, 15) is 9.90 Å². The van der Waals surface area contributed by atoms with Crippen LogP contribution < -0.4 is 9.47 Å². The second-order valence-electron chi connectivity index (χ2n) is 6.87. The van der Waals surface area contributed by atoms with Gasteiger partial charge in [0.05, 0.1) is 31.9 Å². The first-order valence-electron chi connectivity index (χ1n) is 9.15. The molecule has 6 heteroatoms. The number of benzene rings is 1. The number of hydrogen-bond acceptors (Lipinski definition) is 5. The molecule has 1 saturated heterocycles. The average molecular weight is 370 g/mol. The van der Waals surface area contributed by atoms with E-state index in [0.29, 0.717) is 37.4 Å². The van der Waals surface area contributed by atoms with Gasteiger partial charge in [-0.15, -0.1) is 0 Å². The van der Waals surface area contributed by atoms with Crippen LogP contribution in [0.1, 0.15) is 35.8 Å². The van der Waals surface area contributed by atoms with E-state index in [-0.39, 0.29) is 12.0 Å². The predicted octanol–water partition coefficient (Wildman–Crippen LogP) is 3.29. The number of nitrogens with zero attached hydrogens (tertiary/aromatic N) is 2. The topological polar surface area (TPSA) is 71.9 Å². The summed E-state index contributed by atoms with van der Waals surface area (Å²) in [5, 5.41) is 9.30. The van der Waals surface area contributed by atoms with Crippen LogP contribution in [0.2, 0.25) is 0 Å². The van der Waals surface area contributed by atoms with Gasteiger partial charge >= 0.3 is 5.97 Å². The van der Waals surface area contributed by atoms with E-state index in [1.54, 1.807) is 14.2 Å². The number of likely N-dealkylation sites (tertiary alicyclic amines) is 1. The van der Waals surface area contributed by atoms with Gasteiger partial charge in [0, 0.05) is 5.69 Å². The van der Waals surface area contributed by atoms with Crippen molar-refractivity contribution in [2.45, 2.75) is 25.8 Å². The van der Waals surface area contributed by atoms with Crippen molar-refractivity contribution in [3.63, 3.8) is 0 Å². The Labute approximate surface area is 159 Å². The molecule has 3 rings (SSSR count). The summed E-state index contributed by atoms with van der Waals surface area (Å²) < 4.78 is 10.8. The molecule has 0 radical (unpaired) electrons. The Balaban J connectivity index is 1.97. The summed E-state index contributed by atoms with van der Waals surface area (Å²) in [6.07, 6.45) is 1.29. The summed E-state index contributed by atoms with van der Waals surface area (Å²) in [7, 11) is 3.24. The van der Waals surface area contributed by atoms with Crippen LogP contribution in [0.4, 0.5) is 0 Å². The third kappa shape index (κ3) is 4.22. The molecule has 1 aromatic heterocycles. The van der Waals surface area contributed by atoms with Crippen LogP contribution in [0.3, 0.4) is 0 Å². The molecule has 27 heavy (non-hydrogen) atoms. The average Bonchev–Trinajstić information content (AvgIpc) is 2.68. The van der Waals surface area contributed by atoms with Crippen molar-refractivity contribution >= 4 is 5.97 Å². The largest absolute Gasteiger partial charge is 0.493 e. The third-order valence-corrected chi connectivity index (χ3v) is 5.16. The van der Waals surface area contributed by atoms with E-state index < -0.39 is 5.97 Å². The number of piperidine rings is 1. The van der Waals surface area contributed by atoms with Gasteiger partial charge < -0.3 is 14.6 Å². The molecule has 1 aromatic carbocycles. The third-order valence-electron chi connectivity index (χ3n) is 5.16. The first kappa shape index (κ1) is 19.2. The molecule has 0 saturated carbocycles. The first-order valence-corrected chi connectivity index (χ1v) is 9.15. The number of rotatable bonds is 6. The van der Waals surface area contributed by atoms with E-state index in [1.165, 1.54) is 0 Å². The van der Waals surface area contributed by atoms with Gasteiger partial charge in [-0.2, -0.15) is 0 Å². The minimum absolute atomic E-state index is 0.0561. The summed E-state index contributed by atoms with van der Waals surface area (Å²) in [6, 6.07) is 11.9. The summed E-state index contributed by atoms with van der Waals surface area (Å²) in [6.45, 7) is 3.41. The van der Waals surface area contributed by atoms with E-state index >= 15 is 0 Å². The molecule has 2 aromatic rings. The Hall–Kier alpha value is -2.60. The normalized spacial score (nSPS) is 16.7. The molecular formula is C21H26N2O4. The highest BCUT2D eigenvalue weighted by Gasteiger charge is 2.31. The SMILES string of the molecule is COc1ccc(C(c2cccc(C)n2)N2CCC(C(=O)O)CC2)cc1OC. The minimum Gasteiger partial charge on any atom is -0.493 e. The van der Waals surface area contributed by atoms with Crippen molar-refractivity contribution in [1.82, 2.24) is 9.88 Å². The first-order chi connectivity index (χ1) is 13.0. The van der Waals surface area contributed by atoms with Crippen molar-refractivity contribution < 1.29 is 19.4 Å². The van der Waals surface area contributed by atoms with Gasteiger partial charge in [0.1, 0.15) is 0 Å². The van der Waals surface area contributed by atoms with Crippen LogP contribution in [-0.2, 0) is 4.79 Å². The zero-order valence-corrected chi connectivity index (χ0v) is 16.0. The molecule has 1 atom stereocenters. The van der Waals surface area contributed by atoms with Gasteiger partial charge in [0.15, 0.2) is 11.5 Å². The van der Waals surface area contributed by atoms with E-state index in [1.807, 2.05) is 43.3 Å². The molecule has 1 N–H and O–H groups in total. The fourth-order valence-corrected chi connectivity index (χ4v) is 3.71. The number of ether oxygens (including phenoxy) is 2. The summed E-state index contributed by atoms with van der Waals surface area (Å²) in [5.41, 5.74) is 2.97. The van der Waals surface area contributed by atoms with Crippen molar-refractivity contribution in [2.75, 3.05) is 27.3 Å². The highest BCUT2D eigenvalue weighted by atomic mass is 16.5. The second-order valence-corrected chi connectivity index (χ2v) is 6.87. The van der Waals surface area contributed by atoms with Crippen molar-refractivity contribution in [1.29, 1.82) is 0 Å². The summed E-state index contributed by atoms with van der Waals surface area (Å²) in [5.74, 6) is 0.388. The lowest BCUT2D eigenvalue weighted by Crippen LogP contribution is -2.39. The Bertz CT molecular complexity index is 801. The molecular weight excluding hydrogens is 344 g/mol. The number of aliphatic carboxylic acids is 1. The minimum atomic E-state index is -0.703. The van der Waals surface area contributed by atoms with E-state index in [2.05, 4.69) is 4.90 Å². The smallest absolute Gasteiger partial charge is 0.306 e. The zero-order valence-electron chi connectivity index (χ0n) is 16.0. The van der Waals surface area contributed by atoms with Gasteiger partial charge in [-0.25, -0.2) is 0 Å². The Morgan fingerprint density at radius 2 is 1.85 bits per heavy atom. The van der Waals surface area contributed by atoms with Crippen LogP contribution >= 0.6 is 0 Å². The molecule has 0 aliphatic carbocycles. The molecule has 0 bridgehead atoms. The predicted molar refractivity (Wildman–Crippen MR) is 102 cm³/mol. The summed E-state index contributed by atoms with van der Waals surface area (Å²) in [4.78, 5) is 18.4. The standard InChI is InChI=1S/C21H26N2O4/c1-14-5-4-6-17(22-14)20(23-11-9-15(10-12-23)21(24)25)16-7-8-18(26-2)19(13-16)27-3/h4-8,13,15,20H,9-12H2,1-3H3,(H,24,25). The van der Waals surface area contributed by atoms with Crippen molar-refractivity contribution in [2.24, 2.45) is 5.92 Å². The maximum absolute atomic E-state index is 11.3. The van der Waals surface area contributed by atoms with Gasteiger partial charge in [0.25, 0.3) is 0 Å². The maximum Gasteiger partial charge on any atom is 0.306 e. The van der Waals surface area contributed by atoms with Gasteiger partial charge in [0.2, 0.25) is 0 Å². The molecule has 0 amide bonds. The highest BCUT2D eigenvalue weighted by molar-refractivity contribution is 5.70. The second kappa shape index (κ2) is 8.39. The van der Waals surface area contributed by atoms with Crippen LogP contribution in [0.25, 0.3) is 0 Å². The lowest BCUT2D eigenvalue weighted by Gasteiger charge is -2.36. The molecule has 1 aliphatic heterocycles. The lowest BCUT2D eigenvalue weighted by molar-refractivity contribution is -0.143. The lowest BCUT2D eigenvalue weighted by atomic mass is 9.93. The van der Waals surface area contributed by atoms with Gasteiger partial charge in [-0.1, -0.05) is 12.1 Å².